The van der Waals surface area contributed by atoms with Crippen molar-refractivity contribution in [1.82, 2.24) is 10.2 Å². The summed E-state index contributed by atoms with van der Waals surface area (Å²) >= 11 is 0. The third-order valence-corrected chi connectivity index (χ3v) is 6.43. The van der Waals surface area contributed by atoms with Crippen LogP contribution in [-0.2, 0) is 26.2 Å². The predicted molar refractivity (Wildman–Crippen MR) is 134 cm³/mol. The lowest BCUT2D eigenvalue weighted by Crippen LogP contribution is -2.51. The van der Waals surface area contributed by atoms with Gasteiger partial charge < -0.3 is 15.0 Å². The standard InChI is InChI=1S/C25H35N3O5S/c1-6-16-26-25(30)20(4)27(17-21-14-12-19(3)13-15-21)24(29)18-28(34(5,31)32)22-10-8-9-11-23(22)33-7-2/h8-15,20H,6-7,16-18H2,1-5H3,(H,26,30)/t20-/m1/s1. The number of carbonyl (C=O) groups is 2. The molecule has 0 radical (unpaired) electrons. The highest BCUT2D eigenvalue weighted by Gasteiger charge is 2.31. The van der Waals surface area contributed by atoms with Gasteiger partial charge >= 0.3 is 0 Å². The summed E-state index contributed by atoms with van der Waals surface area (Å²) in [5.41, 5.74) is 2.19. The van der Waals surface area contributed by atoms with Crippen LogP contribution in [0.25, 0.3) is 0 Å². The van der Waals surface area contributed by atoms with Crippen molar-refractivity contribution in [2.24, 2.45) is 0 Å². The number of benzene rings is 2. The highest BCUT2D eigenvalue weighted by molar-refractivity contribution is 7.92. The number of hydrogen-bond donors (Lipinski definition) is 1. The average Bonchev–Trinajstić information content (AvgIpc) is 2.80. The molecule has 0 aliphatic rings. The third-order valence-electron chi connectivity index (χ3n) is 5.30. The quantitative estimate of drug-likeness (QED) is 0.494. The molecule has 9 heteroatoms. The first kappa shape index (κ1) is 27.2. The van der Waals surface area contributed by atoms with Crippen molar-refractivity contribution in [3.8, 4) is 5.75 Å². The maximum absolute atomic E-state index is 13.5. The zero-order chi connectivity index (χ0) is 25.3. The van der Waals surface area contributed by atoms with Crippen LogP contribution in [0.5, 0.6) is 5.75 Å². The number of nitrogens with zero attached hydrogens (tertiary/aromatic N) is 2. The van der Waals surface area contributed by atoms with Crippen LogP contribution in [0.3, 0.4) is 0 Å². The molecule has 2 aromatic rings. The van der Waals surface area contributed by atoms with E-state index in [1.54, 1.807) is 38.1 Å². The Balaban J connectivity index is 2.40. The Kier molecular flexibility index (Phi) is 9.92. The molecule has 0 aliphatic carbocycles. The minimum atomic E-state index is -3.82. The molecule has 0 bridgehead atoms. The van der Waals surface area contributed by atoms with E-state index in [9.17, 15) is 18.0 Å². The number of nitrogens with one attached hydrogen (secondary N) is 1. The zero-order valence-electron chi connectivity index (χ0n) is 20.6. The number of sulfonamides is 1. The minimum absolute atomic E-state index is 0.171. The van der Waals surface area contributed by atoms with E-state index in [1.807, 2.05) is 38.1 Å². The van der Waals surface area contributed by atoms with Crippen molar-refractivity contribution < 1.29 is 22.7 Å². The number of para-hydroxylation sites is 2. The molecule has 2 aromatic carbocycles. The Bertz CT molecular complexity index is 1070. The van der Waals surface area contributed by atoms with Gasteiger partial charge in [-0.3, -0.25) is 13.9 Å². The maximum atomic E-state index is 13.5. The van der Waals surface area contributed by atoms with Crippen LogP contribution in [0.15, 0.2) is 48.5 Å². The van der Waals surface area contributed by atoms with Crippen molar-refractivity contribution in [3.63, 3.8) is 0 Å². The molecule has 1 N–H and O–H groups in total. The molecule has 0 heterocycles. The van der Waals surface area contributed by atoms with Gasteiger partial charge in [0.25, 0.3) is 0 Å². The average molecular weight is 490 g/mol. The molecule has 1 atom stereocenters. The van der Waals surface area contributed by atoms with E-state index in [0.29, 0.717) is 18.9 Å². The smallest absolute Gasteiger partial charge is 0.244 e. The Morgan fingerprint density at radius 3 is 2.29 bits per heavy atom. The summed E-state index contributed by atoms with van der Waals surface area (Å²) in [7, 11) is -3.82. The summed E-state index contributed by atoms with van der Waals surface area (Å²) in [5.74, 6) is -0.415. The molecular formula is C25H35N3O5S. The molecule has 0 aliphatic heterocycles. The number of anilines is 1. The molecule has 0 unspecified atom stereocenters. The van der Waals surface area contributed by atoms with Crippen molar-refractivity contribution in [1.29, 1.82) is 0 Å². The van der Waals surface area contributed by atoms with Crippen molar-refractivity contribution in [2.75, 3.05) is 30.3 Å². The second kappa shape index (κ2) is 12.4. The summed E-state index contributed by atoms with van der Waals surface area (Å²) in [6.45, 7) is 7.91. The first-order chi connectivity index (χ1) is 16.1. The van der Waals surface area contributed by atoms with Crippen LogP contribution >= 0.6 is 0 Å². The second-order valence-electron chi connectivity index (χ2n) is 8.14. The van der Waals surface area contributed by atoms with Gasteiger partial charge in [-0.05, 0) is 44.9 Å². The van der Waals surface area contributed by atoms with Gasteiger partial charge in [-0.1, -0.05) is 48.9 Å². The van der Waals surface area contributed by atoms with Gasteiger partial charge in [0.05, 0.1) is 18.6 Å². The molecule has 2 rings (SSSR count). The van der Waals surface area contributed by atoms with Gasteiger partial charge in [-0.2, -0.15) is 0 Å². The van der Waals surface area contributed by atoms with E-state index in [0.717, 1.165) is 28.1 Å². The van der Waals surface area contributed by atoms with Gasteiger partial charge in [-0.15, -0.1) is 0 Å². The van der Waals surface area contributed by atoms with E-state index < -0.39 is 28.5 Å². The van der Waals surface area contributed by atoms with Crippen LogP contribution in [0, 0.1) is 6.92 Å². The molecule has 8 nitrogen and oxygen atoms in total. The van der Waals surface area contributed by atoms with Gasteiger partial charge in [-0.25, -0.2) is 8.42 Å². The monoisotopic (exact) mass is 489 g/mol. The lowest BCUT2D eigenvalue weighted by Gasteiger charge is -2.32. The number of hydrogen-bond acceptors (Lipinski definition) is 5. The Hall–Kier alpha value is -3.07. The van der Waals surface area contributed by atoms with E-state index in [4.69, 9.17) is 4.74 Å². The normalized spacial score (nSPS) is 12.0. The number of ether oxygens (including phenoxy) is 1. The van der Waals surface area contributed by atoms with Crippen LogP contribution in [0.1, 0.15) is 38.3 Å². The van der Waals surface area contributed by atoms with Crippen LogP contribution in [0.2, 0.25) is 0 Å². The lowest BCUT2D eigenvalue weighted by atomic mass is 10.1. The second-order valence-corrected chi connectivity index (χ2v) is 10.1. The SMILES string of the molecule is CCCNC(=O)[C@@H](C)N(Cc1ccc(C)cc1)C(=O)CN(c1ccccc1OCC)S(C)(=O)=O. The van der Waals surface area contributed by atoms with Gasteiger partial charge in [0.2, 0.25) is 21.8 Å². The molecule has 0 spiro atoms. The number of amides is 2. The summed E-state index contributed by atoms with van der Waals surface area (Å²) in [6.07, 6.45) is 1.81. The number of aryl methyl sites for hydroxylation is 1. The molecule has 186 valence electrons. The Morgan fingerprint density at radius 1 is 1.06 bits per heavy atom. The molecule has 0 fully saturated rings. The third kappa shape index (κ3) is 7.48. The first-order valence-corrected chi connectivity index (χ1v) is 13.3. The summed E-state index contributed by atoms with van der Waals surface area (Å²) in [5, 5.41) is 2.82. The Labute approximate surface area is 202 Å². The van der Waals surface area contributed by atoms with Gasteiger partial charge in [0.1, 0.15) is 18.3 Å². The number of carbonyl (C=O) groups excluding carboxylic acids is 2. The van der Waals surface area contributed by atoms with Gasteiger partial charge in [0, 0.05) is 13.1 Å². The van der Waals surface area contributed by atoms with Gasteiger partial charge in [0.15, 0.2) is 0 Å². The molecule has 2 amide bonds. The minimum Gasteiger partial charge on any atom is -0.492 e. The topological polar surface area (TPSA) is 96.0 Å². The first-order valence-electron chi connectivity index (χ1n) is 11.4. The fraction of sp³-hybridized carbons (Fsp3) is 0.440. The highest BCUT2D eigenvalue weighted by atomic mass is 32.2. The van der Waals surface area contributed by atoms with Crippen molar-refractivity contribution in [2.45, 2.75) is 46.7 Å². The largest absolute Gasteiger partial charge is 0.492 e. The highest BCUT2D eigenvalue weighted by Crippen LogP contribution is 2.30. The maximum Gasteiger partial charge on any atom is 0.244 e. The van der Waals surface area contributed by atoms with E-state index in [-0.39, 0.29) is 18.1 Å². The van der Waals surface area contributed by atoms with Crippen molar-refractivity contribution in [3.05, 3.63) is 59.7 Å². The summed E-state index contributed by atoms with van der Waals surface area (Å²) < 4.78 is 32.0. The summed E-state index contributed by atoms with van der Waals surface area (Å²) in [6, 6.07) is 13.5. The number of rotatable bonds is 12. The fourth-order valence-electron chi connectivity index (χ4n) is 3.40. The molecular weight excluding hydrogens is 454 g/mol. The fourth-order valence-corrected chi connectivity index (χ4v) is 4.26. The van der Waals surface area contributed by atoms with Crippen molar-refractivity contribution >= 4 is 27.5 Å². The Morgan fingerprint density at radius 2 is 1.71 bits per heavy atom. The lowest BCUT2D eigenvalue weighted by molar-refractivity contribution is -0.139. The molecule has 0 saturated carbocycles. The molecule has 0 aromatic heterocycles. The van der Waals surface area contributed by atoms with E-state index in [2.05, 4.69) is 5.32 Å². The zero-order valence-corrected chi connectivity index (χ0v) is 21.4. The van der Waals surface area contributed by atoms with E-state index >= 15 is 0 Å². The van der Waals surface area contributed by atoms with E-state index in [1.165, 1.54) is 4.90 Å². The van der Waals surface area contributed by atoms with Crippen LogP contribution in [-0.4, -0.2) is 57.1 Å². The molecule has 34 heavy (non-hydrogen) atoms. The predicted octanol–water partition coefficient (Wildman–Crippen LogP) is 3.10. The molecule has 0 saturated heterocycles. The van der Waals surface area contributed by atoms with Crippen LogP contribution in [0.4, 0.5) is 5.69 Å². The summed E-state index contributed by atoms with van der Waals surface area (Å²) in [4.78, 5) is 27.7. The van der Waals surface area contributed by atoms with Crippen LogP contribution < -0.4 is 14.4 Å².